The smallest absolute Gasteiger partial charge is 0.306 e. The van der Waals surface area contributed by atoms with Gasteiger partial charge in [-0.1, -0.05) is 42.5 Å². The summed E-state index contributed by atoms with van der Waals surface area (Å²) in [5, 5.41) is 12.6. The minimum absolute atomic E-state index is 0.0671. The number of rotatable bonds is 15. The van der Waals surface area contributed by atoms with E-state index in [0.29, 0.717) is 32.2 Å². The molecule has 10 nitrogen and oxygen atoms in total. The monoisotopic (exact) mass is 581 g/mol. The SMILES string of the molecule is C=CCCC(=O)OC[C@H](NC(=O)[C@@H]1[C@@H]2CC[C@]3(O2)[C@H](C(=O)N(CC=C)C(C)C)N(CCCO)C(=O)[C@@H]13)c1ccccc1. The molecule has 1 aromatic carbocycles. The van der Waals surface area contributed by atoms with Gasteiger partial charge in [0.25, 0.3) is 0 Å². The highest BCUT2D eigenvalue weighted by Gasteiger charge is 2.74. The molecule has 0 radical (unpaired) electrons. The molecule has 0 aliphatic carbocycles. The summed E-state index contributed by atoms with van der Waals surface area (Å²) >= 11 is 0. The van der Waals surface area contributed by atoms with E-state index in [-0.39, 0.29) is 49.9 Å². The van der Waals surface area contributed by atoms with Crippen molar-refractivity contribution < 1.29 is 33.8 Å². The van der Waals surface area contributed by atoms with Gasteiger partial charge in [0.15, 0.2) is 0 Å². The third kappa shape index (κ3) is 6.01. The van der Waals surface area contributed by atoms with Gasteiger partial charge in [-0.2, -0.15) is 0 Å². The molecule has 3 heterocycles. The molecule has 0 unspecified atom stereocenters. The van der Waals surface area contributed by atoms with Gasteiger partial charge in [-0.25, -0.2) is 0 Å². The Labute approximate surface area is 247 Å². The zero-order valence-corrected chi connectivity index (χ0v) is 24.6. The van der Waals surface area contributed by atoms with Gasteiger partial charge in [0.05, 0.1) is 24.0 Å². The summed E-state index contributed by atoms with van der Waals surface area (Å²) in [6.45, 7) is 11.5. The van der Waals surface area contributed by atoms with E-state index in [2.05, 4.69) is 18.5 Å². The van der Waals surface area contributed by atoms with Crippen LogP contribution in [0.15, 0.2) is 55.6 Å². The molecule has 3 aliphatic heterocycles. The molecule has 3 fully saturated rings. The fourth-order valence-corrected chi connectivity index (χ4v) is 6.71. The quantitative estimate of drug-likeness (QED) is 0.241. The van der Waals surface area contributed by atoms with Crippen molar-refractivity contribution in [1.82, 2.24) is 15.1 Å². The van der Waals surface area contributed by atoms with Crippen molar-refractivity contribution in [2.75, 3.05) is 26.3 Å². The van der Waals surface area contributed by atoms with Crippen LogP contribution in [0, 0.1) is 11.8 Å². The number of esters is 1. The average molecular weight is 582 g/mol. The lowest BCUT2D eigenvalue weighted by atomic mass is 9.70. The molecule has 1 aromatic rings. The van der Waals surface area contributed by atoms with Crippen molar-refractivity contribution in [2.45, 2.75) is 75.8 Å². The number of carbonyl (C=O) groups is 4. The summed E-state index contributed by atoms with van der Waals surface area (Å²) in [7, 11) is 0. The predicted octanol–water partition coefficient (Wildman–Crippen LogP) is 2.53. The van der Waals surface area contributed by atoms with E-state index >= 15 is 0 Å². The standard InChI is InChI=1S/C32H43N3O7/c1-5-7-14-25(37)41-20-23(22-12-9-8-10-13-22)33-29(38)26-24-15-16-32(42-24)27(26)30(39)35(18-11-19-36)28(32)31(40)34(17-6-2)21(3)4/h5-6,8-10,12-13,21,23-24,26-28,36H,1-2,7,11,14-20H2,3-4H3,(H,33,38)/t23-,24-,26+,27+,28-,32+/m0/s1. The first kappa shape index (κ1) is 31.4. The molecule has 2 N–H and O–H groups in total. The van der Waals surface area contributed by atoms with Crippen LogP contribution in [0.5, 0.6) is 0 Å². The number of hydrogen-bond acceptors (Lipinski definition) is 7. The number of aliphatic hydroxyl groups is 1. The largest absolute Gasteiger partial charge is 0.463 e. The maximum atomic E-state index is 14.1. The molecule has 2 bridgehead atoms. The lowest BCUT2D eigenvalue weighted by molar-refractivity contribution is -0.149. The molecule has 3 amide bonds. The summed E-state index contributed by atoms with van der Waals surface area (Å²) in [5.74, 6) is -2.97. The Morgan fingerprint density at radius 2 is 1.98 bits per heavy atom. The average Bonchev–Trinajstić information content (AvgIpc) is 3.62. The van der Waals surface area contributed by atoms with Crippen LogP contribution in [0.25, 0.3) is 0 Å². The topological polar surface area (TPSA) is 125 Å². The van der Waals surface area contributed by atoms with Gasteiger partial charge in [0.2, 0.25) is 17.7 Å². The van der Waals surface area contributed by atoms with E-state index in [1.165, 1.54) is 4.90 Å². The highest BCUT2D eigenvalue weighted by atomic mass is 16.5. The highest BCUT2D eigenvalue weighted by Crippen LogP contribution is 2.58. The Kier molecular flexibility index (Phi) is 10.2. The minimum atomic E-state index is -1.13. The summed E-state index contributed by atoms with van der Waals surface area (Å²) in [6, 6.07) is 7.54. The minimum Gasteiger partial charge on any atom is -0.463 e. The second-order valence-electron chi connectivity index (χ2n) is 11.5. The number of nitrogens with one attached hydrogen (secondary N) is 1. The van der Waals surface area contributed by atoms with Crippen LogP contribution < -0.4 is 5.32 Å². The van der Waals surface area contributed by atoms with Crippen LogP contribution >= 0.6 is 0 Å². The van der Waals surface area contributed by atoms with E-state index < -0.39 is 41.6 Å². The number of amides is 3. The normalized spacial score (nSPS) is 26.6. The number of likely N-dealkylation sites (tertiary alicyclic amines) is 1. The van der Waals surface area contributed by atoms with E-state index in [1.807, 2.05) is 44.2 Å². The number of benzene rings is 1. The van der Waals surface area contributed by atoms with Crippen LogP contribution in [0.1, 0.15) is 57.6 Å². The van der Waals surface area contributed by atoms with Crippen molar-refractivity contribution in [3.8, 4) is 0 Å². The zero-order valence-electron chi connectivity index (χ0n) is 24.6. The van der Waals surface area contributed by atoms with Gasteiger partial charge < -0.3 is 29.7 Å². The number of hydrogen-bond donors (Lipinski definition) is 2. The third-order valence-corrected chi connectivity index (χ3v) is 8.61. The Hall–Kier alpha value is -3.50. The molecule has 228 valence electrons. The van der Waals surface area contributed by atoms with Crippen molar-refractivity contribution in [1.29, 1.82) is 0 Å². The summed E-state index contributed by atoms with van der Waals surface area (Å²) in [5.41, 5.74) is -0.377. The molecule has 3 saturated heterocycles. The van der Waals surface area contributed by atoms with Crippen molar-refractivity contribution >= 4 is 23.7 Å². The Balaban J connectivity index is 1.62. The summed E-state index contributed by atoms with van der Waals surface area (Å²) in [6.07, 6.45) is 4.76. The summed E-state index contributed by atoms with van der Waals surface area (Å²) < 4.78 is 12.0. The van der Waals surface area contributed by atoms with Crippen LogP contribution in [-0.4, -0.2) is 88.7 Å². The number of aliphatic hydroxyl groups excluding tert-OH is 1. The highest BCUT2D eigenvalue weighted by molar-refractivity contribution is 5.99. The first-order valence-corrected chi connectivity index (χ1v) is 14.8. The molecule has 6 atom stereocenters. The second-order valence-corrected chi connectivity index (χ2v) is 11.5. The molecule has 1 spiro atoms. The first-order chi connectivity index (χ1) is 20.2. The fraction of sp³-hybridized carbons (Fsp3) is 0.562. The summed E-state index contributed by atoms with van der Waals surface area (Å²) in [4.78, 5) is 57.5. The molecule has 10 heteroatoms. The number of nitrogens with zero attached hydrogens (tertiary/aromatic N) is 2. The van der Waals surface area contributed by atoms with E-state index in [9.17, 15) is 24.3 Å². The maximum absolute atomic E-state index is 14.1. The maximum Gasteiger partial charge on any atom is 0.306 e. The van der Waals surface area contributed by atoms with E-state index in [4.69, 9.17) is 9.47 Å². The van der Waals surface area contributed by atoms with Crippen LogP contribution in [0.3, 0.4) is 0 Å². The molecule has 0 saturated carbocycles. The molecule has 4 rings (SSSR count). The molecule has 0 aromatic heterocycles. The van der Waals surface area contributed by atoms with Crippen LogP contribution in [-0.2, 0) is 28.7 Å². The van der Waals surface area contributed by atoms with Gasteiger partial charge in [-0.05, 0) is 45.1 Å². The number of allylic oxidation sites excluding steroid dienone is 1. The van der Waals surface area contributed by atoms with Gasteiger partial charge in [-0.3, -0.25) is 19.2 Å². The van der Waals surface area contributed by atoms with E-state index in [0.717, 1.165) is 5.56 Å². The van der Waals surface area contributed by atoms with Crippen LogP contribution in [0.4, 0.5) is 0 Å². The lowest BCUT2D eigenvalue weighted by Gasteiger charge is -2.38. The molecular weight excluding hydrogens is 538 g/mol. The number of ether oxygens (including phenoxy) is 2. The van der Waals surface area contributed by atoms with Crippen molar-refractivity contribution in [2.24, 2.45) is 11.8 Å². The van der Waals surface area contributed by atoms with E-state index in [1.54, 1.807) is 17.1 Å². The van der Waals surface area contributed by atoms with Gasteiger partial charge >= 0.3 is 5.97 Å². The Bertz CT molecular complexity index is 1170. The van der Waals surface area contributed by atoms with Gasteiger partial charge in [-0.15, -0.1) is 13.2 Å². The van der Waals surface area contributed by atoms with Gasteiger partial charge in [0, 0.05) is 32.2 Å². The Morgan fingerprint density at radius 3 is 2.62 bits per heavy atom. The number of carbonyl (C=O) groups excluding carboxylic acids is 4. The van der Waals surface area contributed by atoms with Crippen molar-refractivity contribution in [3.63, 3.8) is 0 Å². The molecule has 42 heavy (non-hydrogen) atoms. The zero-order chi connectivity index (χ0) is 30.4. The molecular formula is C32H43N3O7. The Morgan fingerprint density at radius 1 is 1.24 bits per heavy atom. The molecule has 3 aliphatic rings. The lowest BCUT2D eigenvalue weighted by Crippen LogP contribution is -2.57. The number of fused-ring (bicyclic) bond motifs is 1. The second kappa shape index (κ2) is 13.6. The van der Waals surface area contributed by atoms with Crippen LogP contribution in [0.2, 0.25) is 0 Å². The first-order valence-electron chi connectivity index (χ1n) is 14.8. The predicted molar refractivity (Wildman–Crippen MR) is 156 cm³/mol. The van der Waals surface area contributed by atoms with Crippen molar-refractivity contribution in [3.05, 3.63) is 61.2 Å². The third-order valence-electron chi connectivity index (χ3n) is 8.61. The fourth-order valence-electron chi connectivity index (χ4n) is 6.71. The van der Waals surface area contributed by atoms with Gasteiger partial charge in [0.1, 0.15) is 18.2 Å².